The number of hydrogen-bond acceptors (Lipinski definition) is 4. The third-order valence-electron chi connectivity index (χ3n) is 2.85. The number of ether oxygens (including phenoxy) is 2. The van der Waals surface area contributed by atoms with Crippen molar-refractivity contribution in [1.82, 2.24) is 9.97 Å². The Hall–Kier alpha value is -1.78. The second-order valence-electron chi connectivity index (χ2n) is 4.22. The number of nitrogens with zero attached hydrogens (tertiary/aromatic N) is 2. The molecule has 2 rings (SSSR count). The van der Waals surface area contributed by atoms with Crippen LogP contribution in [0.3, 0.4) is 0 Å². The smallest absolute Gasteiger partial charge is 0.141 e. The lowest BCUT2D eigenvalue weighted by atomic mass is 10.1. The molecule has 0 aliphatic rings. The zero-order valence-corrected chi connectivity index (χ0v) is 13.4. The number of aryl methyl sites for hydroxylation is 1. The Morgan fingerprint density at radius 3 is 1.95 bits per heavy atom. The minimum Gasteiger partial charge on any atom is -0.495 e. The van der Waals surface area contributed by atoms with Gasteiger partial charge in [-0.1, -0.05) is 35.4 Å². The summed E-state index contributed by atoms with van der Waals surface area (Å²) in [6, 6.07) is 1.65. The van der Waals surface area contributed by atoms with Gasteiger partial charge in [0.1, 0.15) is 17.3 Å². The van der Waals surface area contributed by atoms with Gasteiger partial charge < -0.3 is 9.47 Å². The molecule has 0 bridgehead atoms. The molecule has 0 fully saturated rings. The number of benzene rings is 1. The largest absolute Gasteiger partial charge is 0.495 e. The van der Waals surface area contributed by atoms with Crippen molar-refractivity contribution in [1.29, 1.82) is 0 Å². The highest BCUT2D eigenvalue weighted by Crippen LogP contribution is 2.41. The first-order valence-electron chi connectivity index (χ1n) is 6.13. The molecular weight excluding hydrogens is 311 g/mol. The van der Waals surface area contributed by atoms with Crippen molar-refractivity contribution in [3.63, 3.8) is 0 Å². The van der Waals surface area contributed by atoms with E-state index in [1.54, 1.807) is 24.5 Å². The van der Waals surface area contributed by atoms with Gasteiger partial charge in [0.25, 0.3) is 0 Å². The van der Waals surface area contributed by atoms with Gasteiger partial charge in [-0.15, -0.1) is 0 Å². The molecule has 4 nitrogen and oxygen atoms in total. The molecule has 0 saturated heterocycles. The summed E-state index contributed by atoms with van der Waals surface area (Å²) in [5, 5.41) is 0.847. The molecule has 0 aliphatic heterocycles. The van der Waals surface area contributed by atoms with Crippen LogP contribution in [-0.4, -0.2) is 24.2 Å². The van der Waals surface area contributed by atoms with Gasteiger partial charge >= 0.3 is 0 Å². The second-order valence-corrected chi connectivity index (χ2v) is 4.98. The van der Waals surface area contributed by atoms with Crippen molar-refractivity contribution in [3.8, 4) is 11.5 Å². The Kier molecular flexibility index (Phi) is 5.04. The Morgan fingerprint density at radius 1 is 0.952 bits per heavy atom. The van der Waals surface area contributed by atoms with Crippen molar-refractivity contribution in [2.45, 2.75) is 6.92 Å². The van der Waals surface area contributed by atoms with Crippen LogP contribution in [0.4, 0.5) is 0 Å². The van der Waals surface area contributed by atoms with E-state index < -0.39 is 0 Å². The summed E-state index contributed by atoms with van der Waals surface area (Å²) < 4.78 is 10.4. The van der Waals surface area contributed by atoms with Crippen LogP contribution in [0.1, 0.15) is 17.0 Å². The molecule has 21 heavy (non-hydrogen) atoms. The second kappa shape index (κ2) is 6.78. The Bertz CT molecular complexity index is 642. The van der Waals surface area contributed by atoms with Gasteiger partial charge in [0, 0.05) is 29.6 Å². The predicted octanol–water partition coefficient (Wildman–Crippen LogP) is 4.28. The van der Waals surface area contributed by atoms with Crippen LogP contribution >= 0.6 is 23.2 Å². The summed E-state index contributed by atoms with van der Waals surface area (Å²) in [6.45, 7) is 1.83. The highest BCUT2D eigenvalue weighted by molar-refractivity contribution is 6.39. The van der Waals surface area contributed by atoms with Gasteiger partial charge in [-0.3, -0.25) is 0 Å². The number of methoxy groups -OCH3 is 2. The minimum atomic E-state index is 0.424. The normalized spacial score (nSPS) is 10.9. The van der Waals surface area contributed by atoms with Crippen molar-refractivity contribution in [2.75, 3.05) is 14.2 Å². The van der Waals surface area contributed by atoms with Gasteiger partial charge in [0.15, 0.2) is 0 Å². The number of hydrogen-bond donors (Lipinski definition) is 0. The van der Waals surface area contributed by atoms with Gasteiger partial charge in [-0.2, -0.15) is 0 Å². The van der Waals surface area contributed by atoms with Crippen LogP contribution in [0.25, 0.3) is 12.2 Å². The van der Waals surface area contributed by atoms with E-state index in [0.717, 1.165) is 5.56 Å². The summed E-state index contributed by atoms with van der Waals surface area (Å²) in [6.07, 6.45) is 7.05. The molecular formula is C15H14Cl2N2O2. The van der Waals surface area contributed by atoms with Gasteiger partial charge in [-0.25, -0.2) is 9.97 Å². The number of rotatable bonds is 4. The monoisotopic (exact) mass is 324 g/mol. The topological polar surface area (TPSA) is 44.2 Å². The first-order chi connectivity index (χ1) is 10.1. The number of aromatic nitrogens is 2. The number of halogens is 2. The van der Waals surface area contributed by atoms with E-state index in [0.29, 0.717) is 32.9 Å². The van der Waals surface area contributed by atoms with E-state index >= 15 is 0 Å². The average Bonchev–Trinajstić information content (AvgIpc) is 2.49. The highest BCUT2D eigenvalue weighted by atomic mass is 35.5. The first-order valence-corrected chi connectivity index (χ1v) is 6.89. The SMILES string of the molecule is COc1cc(OC)c(Cl)c(/C=C/c2cnc(C)nc2)c1Cl. The van der Waals surface area contributed by atoms with E-state index in [9.17, 15) is 0 Å². The summed E-state index contributed by atoms with van der Waals surface area (Å²) >= 11 is 12.6. The van der Waals surface area contributed by atoms with Gasteiger partial charge in [0.05, 0.1) is 24.3 Å². The lowest BCUT2D eigenvalue weighted by molar-refractivity contribution is 0.394. The average molecular weight is 325 g/mol. The molecule has 0 N–H and O–H groups in total. The molecule has 0 aliphatic carbocycles. The molecule has 0 unspecified atom stereocenters. The van der Waals surface area contributed by atoms with Crippen LogP contribution in [0.5, 0.6) is 11.5 Å². The van der Waals surface area contributed by atoms with E-state index in [4.69, 9.17) is 32.7 Å². The molecule has 0 spiro atoms. The molecule has 6 heteroatoms. The summed E-state index contributed by atoms with van der Waals surface area (Å²) in [5.74, 6) is 1.71. The van der Waals surface area contributed by atoms with Crippen molar-refractivity contribution < 1.29 is 9.47 Å². The Labute approximate surface area is 133 Å². The Balaban J connectivity index is 2.45. The molecule has 2 aromatic rings. The van der Waals surface area contributed by atoms with E-state index in [1.807, 2.05) is 13.0 Å². The predicted molar refractivity (Wildman–Crippen MR) is 85.3 cm³/mol. The molecule has 1 aromatic heterocycles. The first kappa shape index (κ1) is 15.6. The maximum atomic E-state index is 6.29. The maximum Gasteiger partial charge on any atom is 0.141 e. The fourth-order valence-corrected chi connectivity index (χ4v) is 2.35. The van der Waals surface area contributed by atoms with Crippen molar-refractivity contribution in [2.24, 2.45) is 0 Å². The minimum absolute atomic E-state index is 0.424. The van der Waals surface area contributed by atoms with Gasteiger partial charge in [0.2, 0.25) is 0 Å². The van der Waals surface area contributed by atoms with E-state index in [1.165, 1.54) is 14.2 Å². The van der Waals surface area contributed by atoms with Crippen LogP contribution in [0, 0.1) is 6.92 Å². The fraction of sp³-hybridized carbons (Fsp3) is 0.200. The zero-order valence-electron chi connectivity index (χ0n) is 11.9. The third kappa shape index (κ3) is 3.46. The Morgan fingerprint density at radius 2 is 1.48 bits per heavy atom. The van der Waals surface area contributed by atoms with Crippen LogP contribution in [0.2, 0.25) is 10.0 Å². The van der Waals surface area contributed by atoms with Crippen molar-refractivity contribution >= 4 is 35.4 Å². The van der Waals surface area contributed by atoms with Crippen LogP contribution in [-0.2, 0) is 0 Å². The summed E-state index contributed by atoms with van der Waals surface area (Å²) in [4.78, 5) is 8.25. The highest BCUT2D eigenvalue weighted by Gasteiger charge is 2.15. The molecule has 0 atom stereocenters. The maximum absolute atomic E-state index is 6.29. The van der Waals surface area contributed by atoms with Crippen LogP contribution in [0.15, 0.2) is 18.5 Å². The van der Waals surface area contributed by atoms with Crippen LogP contribution < -0.4 is 9.47 Å². The molecule has 0 amide bonds. The van der Waals surface area contributed by atoms with Gasteiger partial charge in [-0.05, 0) is 6.92 Å². The summed E-state index contributed by atoms with van der Waals surface area (Å²) in [7, 11) is 3.08. The summed E-state index contributed by atoms with van der Waals surface area (Å²) in [5.41, 5.74) is 1.46. The van der Waals surface area contributed by atoms with E-state index in [-0.39, 0.29) is 0 Å². The van der Waals surface area contributed by atoms with Crippen molar-refractivity contribution in [3.05, 3.63) is 45.5 Å². The molecule has 1 heterocycles. The third-order valence-corrected chi connectivity index (χ3v) is 3.63. The quantitative estimate of drug-likeness (QED) is 0.842. The fourth-order valence-electron chi connectivity index (χ4n) is 1.72. The molecule has 1 aromatic carbocycles. The lowest BCUT2D eigenvalue weighted by Gasteiger charge is -2.12. The molecule has 0 radical (unpaired) electrons. The zero-order chi connectivity index (χ0) is 15.4. The standard InChI is InChI=1S/C15H14Cl2N2O2/c1-9-18-7-10(8-19-9)4-5-11-14(16)12(20-2)6-13(21-3)15(11)17/h4-8H,1-3H3/b5-4+. The molecule has 110 valence electrons. The lowest BCUT2D eigenvalue weighted by Crippen LogP contribution is -1.92. The molecule has 0 saturated carbocycles. The van der Waals surface area contributed by atoms with E-state index in [2.05, 4.69) is 9.97 Å².